The fraction of sp³-hybridized carbons (Fsp3) is 0.458. The first-order valence-corrected chi connectivity index (χ1v) is 12.1. The summed E-state index contributed by atoms with van der Waals surface area (Å²) in [5.41, 5.74) is 1.93. The lowest BCUT2D eigenvalue weighted by molar-refractivity contribution is -0.0777. The lowest BCUT2D eigenvalue weighted by Gasteiger charge is -2.45. The maximum Gasteiger partial charge on any atom is 0.324 e. The molecule has 3 aromatic rings. The molecule has 1 aromatic carbocycles. The van der Waals surface area contributed by atoms with Crippen molar-refractivity contribution in [3.63, 3.8) is 0 Å². The average Bonchev–Trinajstić information content (AvgIpc) is 3.59. The molecule has 3 aliphatic rings. The fourth-order valence-electron chi connectivity index (χ4n) is 4.72. The molecule has 1 N–H and O–H groups in total. The summed E-state index contributed by atoms with van der Waals surface area (Å²) in [4.78, 5) is 19.0. The number of hydrogen-bond acceptors (Lipinski definition) is 9. The van der Waals surface area contributed by atoms with Gasteiger partial charge in [0.05, 0.1) is 36.1 Å². The van der Waals surface area contributed by atoms with E-state index in [-0.39, 0.29) is 17.9 Å². The van der Waals surface area contributed by atoms with E-state index in [1.807, 2.05) is 6.92 Å². The lowest BCUT2D eigenvalue weighted by atomic mass is 9.84. The molecule has 180 valence electrons. The van der Waals surface area contributed by atoms with Gasteiger partial charge in [-0.05, 0) is 31.9 Å². The van der Waals surface area contributed by atoms with Crippen LogP contribution in [0, 0.1) is 25.3 Å². The highest BCUT2D eigenvalue weighted by Gasteiger charge is 2.44. The molecule has 11 heteroatoms. The minimum absolute atomic E-state index is 0.0474. The monoisotopic (exact) mass is 493 g/mol. The first kappa shape index (κ1) is 22.1. The predicted molar refractivity (Wildman–Crippen MR) is 128 cm³/mol. The third-order valence-corrected chi connectivity index (χ3v) is 7.08. The third kappa shape index (κ3) is 4.37. The summed E-state index contributed by atoms with van der Waals surface area (Å²) in [6, 6.07) is 5.69. The van der Waals surface area contributed by atoms with Gasteiger partial charge in [0.2, 0.25) is 5.88 Å². The van der Waals surface area contributed by atoms with Crippen molar-refractivity contribution in [3.05, 3.63) is 52.4 Å². The molecule has 6 rings (SSSR count). The molecule has 0 radical (unpaired) electrons. The van der Waals surface area contributed by atoms with Crippen LogP contribution in [-0.2, 0) is 4.74 Å². The van der Waals surface area contributed by atoms with Crippen LogP contribution in [0.5, 0.6) is 5.88 Å². The number of fused-ring (bicyclic) bond motifs is 2. The van der Waals surface area contributed by atoms with Gasteiger partial charge in [0.1, 0.15) is 18.2 Å². The molecule has 10 nitrogen and oxygen atoms in total. The standard InChI is InChI=1S/C24H24ClN7O3/c1-13-21(29-19-6-5-17(26-2)7-18(19)25)27-12-28-23(13)34-20-15-8-32(9-16(20)11-33-10-15)24-30-22(31-35-24)14-3-4-14/h5-7,12,14-16,20H,3-4,8-11H2,1H3,(H,27,28,29). The van der Waals surface area contributed by atoms with Gasteiger partial charge < -0.3 is 24.2 Å². The summed E-state index contributed by atoms with van der Waals surface area (Å²) in [5.74, 6) is 2.69. The Labute approximate surface area is 207 Å². The fourth-order valence-corrected chi connectivity index (χ4v) is 4.94. The molecule has 2 saturated heterocycles. The van der Waals surface area contributed by atoms with Crippen molar-refractivity contribution in [2.24, 2.45) is 11.8 Å². The average molecular weight is 494 g/mol. The third-order valence-electron chi connectivity index (χ3n) is 6.77. The van der Waals surface area contributed by atoms with Crippen molar-refractivity contribution in [1.29, 1.82) is 0 Å². The van der Waals surface area contributed by atoms with E-state index in [0.29, 0.717) is 66.3 Å². The van der Waals surface area contributed by atoms with E-state index in [4.69, 9.17) is 32.2 Å². The van der Waals surface area contributed by atoms with Crippen LogP contribution in [0.15, 0.2) is 29.0 Å². The maximum atomic E-state index is 7.14. The van der Waals surface area contributed by atoms with Crippen LogP contribution in [0.2, 0.25) is 5.02 Å². The second kappa shape index (κ2) is 8.98. The first-order valence-electron chi connectivity index (χ1n) is 11.7. The summed E-state index contributed by atoms with van der Waals surface area (Å²) < 4.78 is 17.9. The number of aromatic nitrogens is 4. The highest BCUT2D eigenvalue weighted by Crippen LogP contribution is 2.40. The Morgan fingerprint density at radius 2 is 2.00 bits per heavy atom. The van der Waals surface area contributed by atoms with Crippen LogP contribution >= 0.6 is 11.6 Å². The summed E-state index contributed by atoms with van der Waals surface area (Å²) in [7, 11) is 0. The zero-order chi connectivity index (χ0) is 23.9. The SMILES string of the molecule is [C-]#[N+]c1ccc(Nc2ncnc(OC3C4COCC3CN(c3nc(C5CC5)no3)C4)c2C)c(Cl)c1. The summed E-state index contributed by atoms with van der Waals surface area (Å²) in [6.07, 6.45) is 3.71. The molecule has 0 spiro atoms. The minimum atomic E-state index is -0.0474. The number of hydrogen-bond donors (Lipinski definition) is 1. The molecular weight excluding hydrogens is 470 g/mol. The molecule has 2 atom stereocenters. The van der Waals surface area contributed by atoms with Crippen molar-refractivity contribution in [2.45, 2.75) is 31.8 Å². The van der Waals surface area contributed by atoms with Gasteiger partial charge in [-0.1, -0.05) is 22.8 Å². The number of piperidine rings is 1. The minimum Gasteiger partial charge on any atom is -0.473 e. The van der Waals surface area contributed by atoms with E-state index in [1.54, 1.807) is 18.2 Å². The normalized spacial score (nSPS) is 23.6. The molecule has 2 aliphatic heterocycles. The quantitative estimate of drug-likeness (QED) is 0.496. The smallest absolute Gasteiger partial charge is 0.324 e. The van der Waals surface area contributed by atoms with E-state index in [2.05, 4.69) is 35.2 Å². The molecule has 3 fully saturated rings. The maximum absolute atomic E-state index is 7.14. The number of rotatable bonds is 6. The van der Waals surface area contributed by atoms with Crippen molar-refractivity contribution >= 4 is 34.8 Å². The zero-order valence-electron chi connectivity index (χ0n) is 19.1. The Balaban J connectivity index is 1.18. The van der Waals surface area contributed by atoms with Crippen molar-refractivity contribution < 1.29 is 14.0 Å². The molecule has 0 amide bonds. The Bertz CT molecular complexity index is 1270. The Hall–Kier alpha value is -3.42. The van der Waals surface area contributed by atoms with Gasteiger partial charge in [0.25, 0.3) is 0 Å². The molecule has 2 bridgehead atoms. The van der Waals surface area contributed by atoms with Crippen LogP contribution in [0.4, 0.5) is 23.2 Å². The van der Waals surface area contributed by atoms with Crippen LogP contribution in [-0.4, -0.2) is 52.5 Å². The Morgan fingerprint density at radius 1 is 1.20 bits per heavy atom. The number of benzene rings is 1. The van der Waals surface area contributed by atoms with Crippen LogP contribution in [0.25, 0.3) is 4.85 Å². The van der Waals surface area contributed by atoms with Crippen LogP contribution < -0.4 is 15.0 Å². The number of nitrogens with one attached hydrogen (secondary N) is 1. The summed E-state index contributed by atoms with van der Waals surface area (Å²) >= 11 is 6.34. The van der Waals surface area contributed by atoms with Gasteiger partial charge in [-0.3, -0.25) is 0 Å². The van der Waals surface area contributed by atoms with Gasteiger partial charge in [-0.25, -0.2) is 14.8 Å². The molecule has 35 heavy (non-hydrogen) atoms. The van der Waals surface area contributed by atoms with Crippen LogP contribution in [0.1, 0.15) is 30.1 Å². The molecular formula is C24H24ClN7O3. The van der Waals surface area contributed by atoms with Gasteiger partial charge in [0.15, 0.2) is 11.5 Å². The number of halogens is 1. The molecule has 2 unspecified atom stereocenters. The number of nitrogens with zero attached hydrogens (tertiary/aromatic N) is 6. The summed E-state index contributed by atoms with van der Waals surface area (Å²) in [5, 5.41) is 7.85. The van der Waals surface area contributed by atoms with E-state index < -0.39 is 0 Å². The van der Waals surface area contributed by atoms with E-state index >= 15 is 0 Å². The number of anilines is 3. The predicted octanol–water partition coefficient (Wildman–Crippen LogP) is 4.52. The first-order chi connectivity index (χ1) is 17.1. The van der Waals surface area contributed by atoms with Crippen molar-refractivity contribution in [1.82, 2.24) is 20.1 Å². The second-order valence-electron chi connectivity index (χ2n) is 9.31. The molecule has 1 aliphatic carbocycles. The van der Waals surface area contributed by atoms with Gasteiger partial charge in [0, 0.05) is 30.8 Å². The lowest BCUT2D eigenvalue weighted by Crippen LogP contribution is -2.57. The van der Waals surface area contributed by atoms with E-state index in [9.17, 15) is 0 Å². The Morgan fingerprint density at radius 3 is 2.71 bits per heavy atom. The highest BCUT2D eigenvalue weighted by atomic mass is 35.5. The largest absolute Gasteiger partial charge is 0.473 e. The van der Waals surface area contributed by atoms with Crippen LogP contribution in [0.3, 0.4) is 0 Å². The van der Waals surface area contributed by atoms with Gasteiger partial charge in [-0.15, -0.1) is 0 Å². The van der Waals surface area contributed by atoms with E-state index in [1.165, 1.54) is 6.33 Å². The Kier molecular flexibility index (Phi) is 5.66. The molecule has 1 saturated carbocycles. The van der Waals surface area contributed by atoms with Crippen molar-refractivity contribution in [3.8, 4) is 5.88 Å². The van der Waals surface area contributed by atoms with Gasteiger partial charge >= 0.3 is 6.01 Å². The topological polar surface area (TPSA) is 103 Å². The van der Waals surface area contributed by atoms with E-state index in [0.717, 1.165) is 24.2 Å². The second-order valence-corrected chi connectivity index (χ2v) is 9.72. The highest BCUT2D eigenvalue weighted by molar-refractivity contribution is 6.33. The summed E-state index contributed by atoms with van der Waals surface area (Å²) in [6.45, 7) is 11.7. The van der Waals surface area contributed by atoms with Crippen molar-refractivity contribution in [2.75, 3.05) is 36.5 Å². The van der Waals surface area contributed by atoms with Gasteiger partial charge in [-0.2, -0.15) is 4.98 Å². The molecule has 4 heterocycles. The number of ether oxygens (including phenoxy) is 2. The zero-order valence-corrected chi connectivity index (χ0v) is 19.9. The molecule has 2 aromatic heterocycles.